The van der Waals surface area contributed by atoms with Crippen molar-refractivity contribution in [2.45, 2.75) is 69.1 Å². The van der Waals surface area contributed by atoms with Crippen LogP contribution in [0.25, 0.3) is 0 Å². The Kier molecular flexibility index (Phi) is 8.69. The van der Waals surface area contributed by atoms with Gasteiger partial charge >= 0.3 is 5.97 Å². The number of benzene rings is 1. The van der Waals surface area contributed by atoms with Crippen LogP contribution in [0.1, 0.15) is 53.4 Å². The lowest BCUT2D eigenvalue weighted by atomic mass is 9.76. The van der Waals surface area contributed by atoms with Gasteiger partial charge in [-0.1, -0.05) is 31.0 Å². The Bertz CT molecular complexity index is 961. The maximum atomic E-state index is 13.7. The number of rotatable bonds is 8. The molecular weight excluding hydrogens is 436 g/mol. The van der Waals surface area contributed by atoms with Gasteiger partial charge in [-0.2, -0.15) is 0 Å². The van der Waals surface area contributed by atoms with Gasteiger partial charge in [-0.05, 0) is 64.5 Å². The molecular formula is C22H36N2O5S2. The quantitative estimate of drug-likeness (QED) is 0.583. The van der Waals surface area contributed by atoms with Gasteiger partial charge in [-0.15, -0.1) is 0 Å². The van der Waals surface area contributed by atoms with Crippen molar-refractivity contribution in [3.63, 3.8) is 0 Å². The lowest BCUT2D eigenvalue weighted by Crippen LogP contribution is -2.54. The third-order valence-electron chi connectivity index (χ3n) is 5.87. The second kappa shape index (κ2) is 10.4. The maximum Gasteiger partial charge on any atom is 0.324 e. The SMILES string of the molecule is CCOC(=O)[C@@H](NS(=O)(=O)C(C)(C)C)[C@@H]1CCCC[C@@H]1C[S@@](=O)(=NC)c1ccccc1. The van der Waals surface area contributed by atoms with Crippen LogP contribution in [0.2, 0.25) is 0 Å². The van der Waals surface area contributed by atoms with Crippen LogP contribution in [0.3, 0.4) is 0 Å². The molecule has 2 rings (SSSR count). The van der Waals surface area contributed by atoms with E-state index in [0.29, 0.717) is 11.3 Å². The van der Waals surface area contributed by atoms with Gasteiger partial charge in [0.1, 0.15) is 6.04 Å². The van der Waals surface area contributed by atoms with Gasteiger partial charge < -0.3 is 4.74 Å². The van der Waals surface area contributed by atoms with Gasteiger partial charge in [0.2, 0.25) is 10.0 Å². The number of sulfonamides is 1. The predicted octanol–water partition coefficient (Wildman–Crippen LogP) is 3.60. The molecule has 0 amide bonds. The molecule has 0 saturated heterocycles. The second-order valence-corrected chi connectivity index (χ2v) is 13.9. The smallest absolute Gasteiger partial charge is 0.324 e. The normalized spacial score (nSPS) is 22.9. The van der Waals surface area contributed by atoms with Crippen LogP contribution in [0.5, 0.6) is 0 Å². The van der Waals surface area contributed by atoms with Crippen LogP contribution in [-0.2, 0) is 29.3 Å². The van der Waals surface area contributed by atoms with Crippen molar-refractivity contribution in [3.05, 3.63) is 30.3 Å². The van der Waals surface area contributed by atoms with Gasteiger partial charge in [-0.25, -0.2) is 21.7 Å². The van der Waals surface area contributed by atoms with E-state index in [1.54, 1.807) is 46.9 Å². The van der Waals surface area contributed by atoms with E-state index in [1.165, 1.54) is 0 Å². The van der Waals surface area contributed by atoms with Crippen molar-refractivity contribution in [1.82, 2.24) is 4.72 Å². The second-order valence-electron chi connectivity index (χ2n) is 8.97. The lowest BCUT2D eigenvalue weighted by Gasteiger charge is -2.37. The Hall–Kier alpha value is -1.45. The Morgan fingerprint density at radius 2 is 1.77 bits per heavy atom. The molecule has 0 aliphatic heterocycles. The van der Waals surface area contributed by atoms with E-state index in [0.717, 1.165) is 19.3 Å². The van der Waals surface area contributed by atoms with Gasteiger partial charge in [0.25, 0.3) is 0 Å². The Balaban J connectivity index is 2.41. The van der Waals surface area contributed by atoms with Gasteiger partial charge in [0.05, 0.1) is 21.1 Å². The molecule has 1 N–H and O–H groups in total. The van der Waals surface area contributed by atoms with E-state index in [4.69, 9.17) is 4.74 Å². The van der Waals surface area contributed by atoms with Gasteiger partial charge in [-0.3, -0.25) is 4.79 Å². The molecule has 0 aromatic heterocycles. The van der Waals surface area contributed by atoms with Gasteiger partial charge in [0.15, 0.2) is 0 Å². The highest BCUT2D eigenvalue weighted by Gasteiger charge is 2.42. The number of nitrogens with zero attached hydrogens (tertiary/aromatic N) is 1. The number of esters is 1. The summed E-state index contributed by atoms with van der Waals surface area (Å²) in [4.78, 5) is 13.5. The van der Waals surface area contributed by atoms with Crippen LogP contribution in [-0.4, -0.2) is 48.8 Å². The summed E-state index contributed by atoms with van der Waals surface area (Å²) in [5.74, 6) is -0.726. The summed E-state index contributed by atoms with van der Waals surface area (Å²) in [7, 11) is -4.91. The van der Waals surface area contributed by atoms with E-state index in [2.05, 4.69) is 9.08 Å². The summed E-state index contributed by atoms with van der Waals surface area (Å²) in [6, 6.07) is 8.12. The molecule has 1 aliphatic rings. The predicted molar refractivity (Wildman–Crippen MR) is 124 cm³/mol. The minimum Gasteiger partial charge on any atom is -0.465 e. The minimum absolute atomic E-state index is 0.123. The van der Waals surface area contributed by atoms with Crippen LogP contribution >= 0.6 is 0 Å². The number of hydrogen-bond donors (Lipinski definition) is 1. The first-order valence-corrected chi connectivity index (χ1v) is 14.0. The van der Waals surface area contributed by atoms with Crippen molar-refractivity contribution in [2.75, 3.05) is 19.4 Å². The average molecular weight is 473 g/mol. The molecule has 1 saturated carbocycles. The highest BCUT2D eigenvalue weighted by Crippen LogP contribution is 2.36. The molecule has 0 bridgehead atoms. The fraction of sp³-hybridized carbons (Fsp3) is 0.682. The molecule has 0 heterocycles. The van der Waals surface area contributed by atoms with E-state index < -0.39 is 36.5 Å². The summed E-state index contributed by atoms with van der Waals surface area (Å²) >= 11 is 0. The third-order valence-corrected chi connectivity index (χ3v) is 10.5. The molecule has 1 fully saturated rings. The number of nitrogens with one attached hydrogen (secondary N) is 1. The molecule has 4 atom stereocenters. The van der Waals surface area contributed by atoms with Crippen LogP contribution in [0.15, 0.2) is 39.6 Å². The van der Waals surface area contributed by atoms with Crippen LogP contribution in [0, 0.1) is 11.8 Å². The molecule has 7 nitrogen and oxygen atoms in total. The van der Waals surface area contributed by atoms with E-state index in [1.807, 2.05) is 18.2 Å². The van der Waals surface area contributed by atoms with E-state index in [-0.39, 0.29) is 24.2 Å². The summed E-state index contributed by atoms with van der Waals surface area (Å²) < 4.78 is 50.5. The fourth-order valence-corrected chi connectivity index (χ4v) is 7.06. The van der Waals surface area contributed by atoms with Crippen molar-refractivity contribution < 1.29 is 22.2 Å². The molecule has 31 heavy (non-hydrogen) atoms. The zero-order valence-electron chi connectivity index (χ0n) is 19.2. The molecule has 9 heteroatoms. The van der Waals surface area contributed by atoms with Crippen LogP contribution in [0.4, 0.5) is 0 Å². The van der Waals surface area contributed by atoms with Crippen molar-refractivity contribution in [3.8, 4) is 0 Å². The van der Waals surface area contributed by atoms with E-state index in [9.17, 15) is 17.4 Å². The topological polar surface area (TPSA) is 102 Å². The fourth-order valence-electron chi connectivity index (χ4n) is 3.97. The zero-order chi connectivity index (χ0) is 23.3. The largest absolute Gasteiger partial charge is 0.465 e. The summed E-state index contributed by atoms with van der Waals surface area (Å²) in [6.07, 6.45) is 3.24. The zero-order valence-corrected chi connectivity index (χ0v) is 20.8. The van der Waals surface area contributed by atoms with E-state index >= 15 is 0 Å². The number of carbonyl (C=O) groups is 1. The van der Waals surface area contributed by atoms with Crippen molar-refractivity contribution >= 4 is 25.7 Å². The number of ether oxygens (including phenoxy) is 1. The number of hydrogen-bond acceptors (Lipinski definition) is 6. The molecule has 1 aromatic carbocycles. The molecule has 1 aliphatic carbocycles. The highest BCUT2D eigenvalue weighted by atomic mass is 32.2. The Labute approximate surface area is 187 Å². The Morgan fingerprint density at radius 3 is 2.32 bits per heavy atom. The first kappa shape index (κ1) is 25.8. The highest BCUT2D eigenvalue weighted by molar-refractivity contribution is 7.93. The number of carbonyl (C=O) groups excluding carboxylic acids is 1. The van der Waals surface area contributed by atoms with Crippen molar-refractivity contribution in [2.24, 2.45) is 16.2 Å². The lowest BCUT2D eigenvalue weighted by molar-refractivity contribution is -0.147. The molecule has 0 spiro atoms. The molecule has 0 unspecified atom stereocenters. The summed E-state index contributed by atoms with van der Waals surface area (Å²) in [5.41, 5.74) is 0. The molecule has 1 aromatic rings. The first-order valence-electron chi connectivity index (χ1n) is 10.8. The van der Waals surface area contributed by atoms with Gasteiger partial charge in [0, 0.05) is 17.7 Å². The molecule has 0 radical (unpaired) electrons. The third kappa shape index (κ3) is 6.29. The molecule has 176 valence electrons. The maximum absolute atomic E-state index is 13.7. The minimum atomic E-state index is -3.78. The standard InChI is InChI=1S/C22H36N2O5S2/c1-6-29-21(25)20(24-31(27,28)22(2,3)4)19-15-11-10-12-17(19)16-30(26,23-5)18-13-8-7-9-14-18/h7-9,13-14,17,19-20,24H,6,10-12,15-16H2,1-5H3/t17-,19-,20+,30+/m1/s1. The Morgan fingerprint density at radius 1 is 1.16 bits per heavy atom. The van der Waals surface area contributed by atoms with Crippen LogP contribution < -0.4 is 4.72 Å². The van der Waals surface area contributed by atoms with Crippen molar-refractivity contribution in [1.29, 1.82) is 0 Å². The summed E-state index contributed by atoms with van der Waals surface area (Å²) in [5, 5.41) is 0. The monoisotopic (exact) mass is 472 g/mol. The first-order chi connectivity index (χ1) is 14.4. The average Bonchev–Trinajstić information content (AvgIpc) is 2.72. The summed E-state index contributed by atoms with van der Waals surface area (Å²) in [6.45, 7) is 6.63.